The molecule has 2 N–H and O–H groups in total. The van der Waals surface area contributed by atoms with Crippen LogP contribution in [0.5, 0.6) is 0 Å². The molecule has 1 aliphatic carbocycles. The zero-order valence-corrected chi connectivity index (χ0v) is 11.9. The Kier molecular flexibility index (Phi) is 4.21. The van der Waals surface area contributed by atoms with E-state index in [1.54, 1.807) is 4.90 Å². The Balaban J connectivity index is 1.55. The van der Waals surface area contributed by atoms with Crippen LogP contribution in [0.25, 0.3) is 0 Å². The summed E-state index contributed by atoms with van der Waals surface area (Å²) in [5.41, 5.74) is 0. The van der Waals surface area contributed by atoms with Crippen LogP contribution < -0.4 is 10.6 Å². The fourth-order valence-corrected chi connectivity index (χ4v) is 3.06. The lowest BCUT2D eigenvalue weighted by Crippen LogP contribution is -2.53. The lowest BCUT2D eigenvalue weighted by Gasteiger charge is -2.31. The molecule has 6 heteroatoms. The van der Waals surface area contributed by atoms with E-state index < -0.39 is 0 Å². The van der Waals surface area contributed by atoms with Crippen molar-refractivity contribution in [3.63, 3.8) is 0 Å². The van der Waals surface area contributed by atoms with E-state index in [-0.39, 0.29) is 18.4 Å². The number of amides is 2. The van der Waals surface area contributed by atoms with Gasteiger partial charge in [0.15, 0.2) is 0 Å². The SMILES string of the molecule is O=C1CNCCN1CC(=O)N(C[C@@H]1CCCN1)C1CC1. The molecule has 0 bridgehead atoms. The molecule has 0 aromatic heterocycles. The smallest absolute Gasteiger partial charge is 0.242 e. The van der Waals surface area contributed by atoms with E-state index in [1.165, 1.54) is 6.42 Å². The molecule has 3 aliphatic rings. The average Bonchev–Trinajstić information content (AvgIpc) is 3.15. The number of carbonyl (C=O) groups is 2. The van der Waals surface area contributed by atoms with E-state index in [1.807, 2.05) is 4.90 Å². The van der Waals surface area contributed by atoms with Crippen LogP contribution >= 0.6 is 0 Å². The molecule has 1 saturated carbocycles. The summed E-state index contributed by atoms with van der Waals surface area (Å²) in [6.07, 6.45) is 4.60. The van der Waals surface area contributed by atoms with Crippen LogP contribution in [0.2, 0.25) is 0 Å². The standard InChI is InChI=1S/C14H24N4O2/c19-13-8-15-6-7-17(13)10-14(20)18(12-3-4-12)9-11-2-1-5-16-11/h11-12,15-16H,1-10H2/t11-/m0/s1. The van der Waals surface area contributed by atoms with E-state index in [0.717, 1.165) is 38.9 Å². The van der Waals surface area contributed by atoms with Crippen molar-refractivity contribution < 1.29 is 9.59 Å². The van der Waals surface area contributed by atoms with Gasteiger partial charge in [0, 0.05) is 31.7 Å². The first-order valence-corrected chi connectivity index (χ1v) is 7.75. The normalized spacial score (nSPS) is 26.9. The van der Waals surface area contributed by atoms with Crippen molar-refractivity contribution in [2.45, 2.75) is 37.8 Å². The zero-order chi connectivity index (χ0) is 13.9. The van der Waals surface area contributed by atoms with Crippen LogP contribution in [-0.4, -0.2) is 73.0 Å². The van der Waals surface area contributed by atoms with E-state index in [2.05, 4.69) is 10.6 Å². The number of carbonyl (C=O) groups excluding carboxylic acids is 2. The summed E-state index contributed by atoms with van der Waals surface area (Å²) in [5, 5.41) is 6.49. The Labute approximate surface area is 119 Å². The Bertz CT molecular complexity index is 377. The molecule has 0 spiro atoms. The van der Waals surface area contributed by atoms with Crippen LogP contribution in [-0.2, 0) is 9.59 Å². The summed E-state index contributed by atoms with van der Waals surface area (Å²) in [4.78, 5) is 28.0. The maximum absolute atomic E-state index is 12.5. The van der Waals surface area contributed by atoms with Crippen molar-refractivity contribution in [3.05, 3.63) is 0 Å². The molecule has 0 aromatic rings. The summed E-state index contributed by atoms with van der Waals surface area (Å²) >= 11 is 0. The van der Waals surface area contributed by atoms with E-state index in [0.29, 0.717) is 25.2 Å². The molecule has 3 fully saturated rings. The minimum absolute atomic E-state index is 0.0411. The number of hydrogen-bond donors (Lipinski definition) is 2. The van der Waals surface area contributed by atoms with Crippen molar-refractivity contribution in [3.8, 4) is 0 Å². The monoisotopic (exact) mass is 280 g/mol. The molecule has 6 nitrogen and oxygen atoms in total. The van der Waals surface area contributed by atoms with Gasteiger partial charge in [0.2, 0.25) is 11.8 Å². The lowest BCUT2D eigenvalue weighted by atomic mass is 10.2. The minimum atomic E-state index is 0.0411. The van der Waals surface area contributed by atoms with Crippen molar-refractivity contribution in [2.75, 3.05) is 39.3 Å². The van der Waals surface area contributed by atoms with Gasteiger partial charge < -0.3 is 20.4 Å². The van der Waals surface area contributed by atoms with Crippen molar-refractivity contribution in [1.82, 2.24) is 20.4 Å². The van der Waals surface area contributed by atoms with Crippen LogP contribution in [0.15, 0.2) is 0 Å². The fourth-order valence-electron chi connectivity index (χ4n) is 3.06. The summed E-state index contributed by atoms with van der Waals surface area (Å²) in [6, 6.07) is 0.862. The van der Waals surface area contributed by atoms with Gasteiger partial charge in [0.05, 0.1) is 13.1 Å². The third-order valence-electron chi connectivity index (χ3n) is 4.40. The van der Waals surface area contributed by atoms with Crippen molar-refractivity contribution in [1.29, 1.82) is 0 Å². The second-order valence-electron chi connectivity index (χ2n) is 6.06. The largest absolute Gasteiger partial charge is 0.337 e. The van der Waals surface area contributed by atoms with Gasteiger partial charge in [-0.1, -0.05) is 0 Å². The van der Waals surface area contributed by atoms with Crippen LogP contribution in [0, 0.1) is 0 Å². The van der Waals surface area contributed by atoms with Crippen molar-refractivity contribution in [2.24, 2.45) is 0 Å². The maximum atomic E-state index is 12.5. The third kappa shape index (κ3) is 3.30. The maximum Gasteiger partial charge on any atom is 0.242 e. The number of rotatable bonds is 5. The van der Waals surface area contributed by atoms with Crippen LogP contribution in [0.3, 0.4) is 0 Å². The predicted molar refractivity (Wildman–Crippen MR) is 75.2 cm³/mol. The molecule has 2 saturated heterocycles. The molecule has 2 amide bonds. The molecule has 20 heavy (non-hydrogen) atoms. The molecular weight excluding hydrogens is 256 g/mol. The topological polar surface area (TPSA) is 64.7 Å². The van der Waals surface area contributed by atoms with Gasteiger partial charge >= 0.3 is 0 Å². The molecule has 2 heterocycles. The molecule has 1 atom stereocenters. The molecule has 0 radical (unpaired) electrons. The van der Waals surface area contributed by atoms with Gasteiger partial charge in [-0.2, -0.15) is 0 Å². The van der Waals surface area contributed by atoms with Gasteiger partial charge in [-0.25, -0.2) is 0 Å². The molecule has 112 valence electrons. The van der Waals surface area contributed by atoms with Gasteiger partial charge in [-0.05, 0) is 32.2 Å². The molecule has 0 aromatic carbocycles. The van der Waals surface area contributed by atoms with Crippen LogP contribution in [0.1, 0.15) is 25.7 Å². The zero-order valence-electron chi connectivity index (χ0n) is 11.9. The molecule has 3 rings (SSSR count). The minimum Gasteiger partial charge on any atom is -0.337 e. The number of hydrogen-bond acceptors (Lipinski definition) is 4. The van der Waals surface area contributed by atoms with Crippen molar-refractivity contribution >= 4 is 11.8 Å². The lowest BCUT2D eigenvalue weighted by molar-refractivity contribution is -0.141. The predicted octanol–water partition coefficient (Wildman–Crippen LogP) is -0.839. The highest BCUT2D eigenvalue weighted by atomic mass is 16.2. The average molecular weight is 280 g/mol. The highest BCUT2D eigenvalue weighted by molar-refractivity contribution is 5.86. The van der Waals surface area contributed by atoms with Gasteiger partial charge in [-0.15, -0.1) is 0 Å². The van der Waals surface area contributed by atoms with Crippen LogP contribution in [0.4, 0.5) is 0 Å². The summed E-state index contributed by atoms with van der Waals surface area (Å²) < 4.78 is 0. The Morgan fingerprint density at radius 3 is 2.80 bits per heavy atom. The Hall–Kier alpha value is -1.14. The Morgan fingerprint density at radius 2 is 2.15 bits per heavy atom. The highest BCUT2D eigenvalue weighted by Crippen LogP contribution is 2.28. The number of nitrogens with one attached hydrogen (secondary N) is 2. The quantitative estimate of drug-likeness (QED) is 0.689. The number of piperazine rings is 1. The van der Waals surface area contributed by atoms with Gasteiger partial charge in [0.25, 0.3) is 0 Å². The molecular formula is C14H24N4O2. The summed E-state index contributed by atoms with van der Waals surface area (Å²) in [6.45, 7) is 3.92. The first kappa shape index (κ1) is 13.8. The van der Waals surface area contributed by atoms with E-state index >= 15 is 0 Å². The third-order valence-corrected chi connectivity index (χ3v) is 4.40. The molecule has 2 aliphatic heterocycles. The summed E-state index contributed by atoms with van der Waals surface area (Å²) in [7, 11) is 0. The van der Waals surface area contributed by atoms with Gasteiger partial charge in [0.1, 0.15) is 0 Å². The van der Waals surface area contributed by atoms with Gasteiger partial charge in [-0.3, -0.25) is 9.59 Å². The number of nitrogens with zero attached hydrogens (tertiary/aromatic N) is 2. The van der Waals surface area contributed by atoms with E-state index in [4.69, 9.17) is 0 Å². The second kappa shape index (κ2) is 6.10. The highest BCUT2D eigenvalue weighted by Gasteiger charge is 2.35. The summed E-state index contributed by atoms with van der Waals surface area (Å²) in [5.74, 6) is 0.163. The first-order chi connectivity index (χ1) is 9.74. The first-order valence-electron chi connectivity index (χ1n) is 7.75. The second-order valence-corrected chi connectivity index (χ2v) is 6.06. The van der Waals surface area contributed by atoms with E-state index in [9.17, 15) is 9.59 Å². The molecule has 0 unspecified atom stereocenters. The fraction of sp³-hybridized carbons (Fsp3) is 0.857. The Morgan fingerprint density at radius 1 is 1.30 bits per heavy atom.